The lowest BCUT2D eigenvalue weighted by Gasteiger charge is -2.25. The fraction of sp³-hybridized carbons (Fsp3) is 0.278. The normalized spacial score (nSPS) is 11.1. The highest BCUT2D eigenvalue weighted by Crippen LogP contribution is 2.39. The minimum Gasteiger partial charge on any atom is -0.366 e. The van der Waals surface area contributed by atoms with Crippen LogP contribution in [0.2, 0.25) is 15.1 Å². The Morgan fingerprint density at radius 3 is 2.21 bits per heavy atom. The number of anilines is 2. The Hall–Kier alpha value is -1.42. The number of benzene rings is 2. The van der Waals surface area contributed by atoms with Crippen molar-refractivity contribution in [3.05, 3.63) is 51.5 Å². The third-order valence-electron chi connectivity index (χ3n) is 3.65. The highest BCUT2D eigenvalue weighted by atomic mass is 35.5. The standard InChI is InChI=1S/C18H20Cl3N3/c1-4-23(3)12-22-17-10-16(21)18(11-15(17)20)24(5-2)14-8-6-13(19)7-9-14/h6-12H,4-5H2,1-3H3/b22-12-. The molecule has 0 aliphatic rings. The van der Waals surface area contributed by atoms with Gasteiger partial charge in [0.2, 0.25) is 0 Å². The summed E-state index contributed by atoms with van der Waals surface area (Å²) in [6.07, 6.45) is 1.74. The van der Waals surface area contributed by atoms with E-state index in [2.05, 4.69) is 23.7 Å². The maximum absolute atomic E-state index is 6.49. The molecule has 0 N–H and O–H groups in total. The first-order chi connectivity index (χ1) is 11.5. The summed E-state index contributed by atoms with van der Waals surface area (Å²) in [5, 5.41) is 1.86. The molecule has 0 aromatic heterocycles. The van der Waals surface area contributed by atoms with Gasteiger partial charge >= 0.3 is 0 Å². The fourth-order valence-electron chi connectivity index (χ4n) is 2.19. The molecule has 0 radical (unpaired) electrons. The van der Waals surface area contributed by atoms with Crippen LogP contribution in [0.5, 0.6) is 0 Å². The number of aliphatic imine (C=N–C) groups is 1. The van der Waals surface area contributed by atoms with Gasteiger partial charge in [0, 0.05) is 30.8 Å². The second-order valence-electron chi connectivity index (χ2n) is 5.29. The molecule has 2 rings (SSSR count). The molecule has 2 aromatic carbocycles. The molecule has 2 aromatic rings. The fourth-order valence-corrected chi connectivity index (χ4v) is 2.78. The maximum atomic E-state index is 6.49. The second kappa shape index (κ2) is 8.61. The van der Waals surface area contributed by atoms with Gasteiger partial charge in [-0.1, -0.05) is 34.8 Å². The number of hydrogen-bond acceptors (Lipinski definition) is 2. The monoisotopic (exact) mass is 383 g/mol. The molecule has 0 spiro atoms. The number of hydrogen-bond donors (Lipinski definition) is 0. The lowest BCUT2D eigenvalue weighted by atomic mass is 10.2. The largest absolute Gasteiger partial charge is 0.366 e. The van der Waals surface area contributed by atoms with E-state index in [9.17, 15) is 0 Å². The van der Waals surface area contributed by atoms with Gasteiger partial charge in [0.25, 0.3) is 0 Å². The Balaban J connectivity index is 2.38. The molecular formula is C18H20Cl3N3. The van der Waals surface area contributed by atoms with Crippen molar-refractivity contribution in [2.45, 2.75) is 13.8 Å². The minimum absolute atomic E-state index is 0.558. The molecule has 0 aliphatic carbocycles. The summed E-state index contributed by atoms with van der Waals surface area (Å²) in [6, 6.07) is 11.3. The van der Waals surface area contributed by atoms with Gasteiger partial charge in [0.1, 0.15) is 0 Å². The van der Waals surface area contributed by atoms with E-state index in [4.69, 9.17) is 34.8 Å². The molecule has 0 aliphatic heterocycles. The van der Waals surface area contributed by atoms with Crippen molar-refractivity contribution in [3.63, 3.8) is 0 Å². The van der Waals surface area contributed by atoms with Crippen LogP contribution < -0.4 is 4.90 Å². The molecule has 0 fully saturated rings. The SMILES string of the molecule is CCN(C)/C=N\c1cc(Cl)c(N(CC)c2ccc(Cl)cc2)cc1Cl. The smallest absolute Gasteiger partial charge is 0.0910 e. The van der Waals surface area contributed by atoms with Crippen LogP contribution in [0.1, 0.15) is 13.8 Å². The molecule has 3 nitrogen and oxygen atoms in total. The second-order valence-corrected chi connectivity index (χ2v) is 6.54. The molecule has 0 saturated carbocycles. The van der Waals surface area contributed by atoms with Gasteiger partial charge in [-0.25, -0.2) is 4.99 Å². The number of rotatable bonds is 6. The van der Waals surface area contributed by atoms with Crippen LogP contribution in [0.15, 0.2) is 41.4 Å². The van der Waals surface area contributed by atoms with Crippen LogP contribution >= 0.6 is 34.8 Å². The average Bonchev–Trinajstić information content (AvgIpc) is 2.58. The summed E-state index contributed by atoms with van der Waals surface area (Å²) in [6.45, 7) is 5.72. The van der Waals surface area contributed by atoms with Gasteiger partial charge in [-0.2, -0.15) is 0 Å². The van der Waals surface area contributed by atoms with Gasteiger partial charge in [-0.05, 0) is 50.2 Å². The van der Waals surface area contributed by atoms with Crippen molar-refractivity contribution in [1.29, 1.82) is 0 Å². The zero-order chi connectivity index (χ0) is 17.7. The summed E-state index contributed by atoms with van der Waals surface area (Å²) >= 11 is 18.9. The van der Waals surface area contributed by atoms with E-state index in [-0.39, 0.29) is 0 Å². The Morgan fingerprint density at radius 2 is 1.62 bits per heavy atom. The molecule has 0 atom stereocenters. The number of halogens is 3. The van der Waals surface area contributed by atoms with Gasteiger partial charge in [0.05, 0.1) is 27.8 Å². The van der Waals surface area contributed by atoms with Gasteiger partial charge in [-0.3, -0.25) is 0 Å². The zero-order valence-corrected chi connectivity index (χ0v) is 16.2. The van der Waals surface area contributed by atoms with Crippen LogP contribution in [-0.4, -0.2) is 31.4 Å². The van der Waals surface area contributed by atoms with Crippen molar-refractivity contribution in [1.82, 2.24) is 4.90 Å². The number of nitrogens with zero attached hydrogens (tertiary/aromatic N) is 3. The maximum Gasteiger partial charge on any atom is 0.0910 e. The molecule has 0 saturated heterocycles. The summed E-state index contributed by atoms with van der Waals surface area (Å²) < 4.78 is 0. The predicted octanol–water partition coefficient (Wildman–Crippen LogP) is 6.42. The molecule has 0 unspecified atom stereocenters. The summed E-state index contributed by atoms with van der Waals surface area (Å²) in [5.41, 5.74) is 2.49. The predicted molar refractivity (Wildman–Crippen MR) is 107 cm³/mol. The van der Waals surface area contributed by atoms with E-state index in [1.807, 2.05) is 42.3 Å². The Morgan fingerprint density at radius 1 is 0.958 bits per heavy atom. The molecule has 128 valence electrons. The van der Waals surface area contributed by atoms with Gasteiger partial charge in [0.15, 0.2) is 0 Å². The summed E-state index contributed by atoms with van der Waals surface area (Å²) in [7, 11) is 1.95. The van der Waals surface area contributed by atoms with Crippen molar-refractivity contribution in [3.8, 4) is 0 Å². The van der Waals surface area contributed by atoms with E-state index >= 15 is 0 Å². The Labute approximate surface area is 158 Å². The molecule has 0 amide bonds. The van der Waals surface area contributed by atoms with E-state index in [1.165, 1.54) is 0 Å². The first kappa shape index (κ1) is 18.9. The van der Waals surface area contributed by atoms with E-state index in [0.29, 0.717) is 20.8 Å². The van der Waals surface area contributed by atoms with Crippen LogP contribution in [0.4, 0.5) is 17.1 Å². The lowest BCUT2D eigenvalue weighted by molar-refractivity contribution is 0.552. The van der Waals surface area contributed by atoms with Crippen LogP contribution in [0.25, 0.3) is 0 Å². The van der Waals surface area contributed by atoms with E-state index in [1.54, 1.807) is 12.4 Å². The first-order valence-electron chi connectivity index (χ1n) is 7.72. The topological polar surface area (TPSA) is 18.8 Å². The van der Waals surface area contributed by atoms with Crippen LogP contribution in [0.3, 0.4) is 0 Å². The van der Waals surface area contributed by atoms with Gasteiger partial charge in [-0.15, -0.1) is 0 Å². The van der Waals surface area contributed by atoms with E-state index in [0.717, 1.165) is 24.5 Å². The van der Waals surface area contributed by atoms with Crippen LogP contribution in [-0.2, 0) is 0 Å². The quantitative estimate of drug-likeness (QED) is 0.423. The van der Waals surface area contributed by atoms with E-state index < -0.39 is 0 Å². The average molecular weight is 385 g/mol. The first-order valence-corrected chi connectivity index (χ1v) is 8.86. The zero-order valence-electron chi connectivity index (χ0n) is 13.9. The van der Waals surface area contributed by atoms with Crippen molar-refractivity contribution < 1.29 is 0 Å². The third-order valence-corrected chi connectivity index (χ3v) is 4.51. The van der Waals surface area contributed by atoms with Gasteiger partial charge < -0.3 is 9.80 Å². The third kappa shape index (κ3) is 4.56. The van der Waals surface area contributed by atoms with Crippen molar-refractivity contribution in [2.24, 2.45) is 4.99 Å². The van der Waals surface area contributed by atoms with Crippen molar-refractivity contribution >= 4 is 58.2 Å². The molecular weight excluding hydrogens is 365 g/mol. The molecule has 6 heteroatoms. The Bertz CT molecular complexity index is 714. The highest BCUT2D eigenvalue weighted by molar-refractivity contribution is 6.37. The summed E-state index contributed by atoms with van der Waals surface area (Å²) in [5.74, 6) is 0. The lowest BCUT2D eigenvalue weighted by Crippen LogP contribution is -2.16. The molecule has 0 heterocycles. The van der Waals surface area contributed by atoms with Crippen LogP contribution in [0, 0.1) is 0 Å². The van der Waals surface area contributed by atoms with Crippen molar-refractivity contribution in [2.75, 3.05) is 25.0 Å². The minimum atomic E-state index is 0.558. The Kier molecular flexibility index (Phi) is 6.79. The summed E-state index contributed by atoms with van der Waals surface area (Å²) in [4.78, 5) is 8.44. The molecule has 0 bridgehead atoms. The highest BCUT2D eigenvalue weighted by Gasteiger charge is 2.14. The molecule has 24 heavy (non-hydrogen) atoms.